The van der Waals surface area contributed by atoms with Crippen molar-refractivity contribution < 1.29 is 22.5 Å². The lowest BCUT2D eigenvalue weighted by Gasteiger charge is -2.26. The van der Waals surface area contributed by atoms with E-state index in [2.05, 4.69) is 0 Å². The molecular formula is C16H22N3O4S2+. The van der Waals surface area contributed by atoms with Crippen molar-refractivity contribution >= 4 is 33.3 Å². The monoisotopic (exact) mass is 384 g/mol. The molecule has 0 radical (unpaired) electrons. The third kappa shape index (κ3) is 3.26. The van der Waals surface area contributed by atoms with Crippen molar-refractivity contribution in [2.75, 3.05) is 39.4 Å². The van der Waals surface area contributed by atoms with Crippen molar-refractivity contribution in [1.82, 2.24) is 8.87 Å². The smallest absolute Gasteiger partial charge is 0.274 e. The number of ether oxygens (including phenoxy) is 1. The van der Waals surface area contributed by atoms with E-state index in [9.17, 15) is 8.42 Å². The lowest BCUT2D eigenvalue weighted by atomic mass is 10.3. The second kappa shape index (κ2) is 6.81. The second-order valence-electron chi connectivity index (χ2n) is 6.56. The van der Waals surface area contributed by atoms with Crippen LogP contribution in [0.5, 0.6) is 0 Å². The molecule has 2 saturated heterocycles. The van der Waals surface area contributed by atoms with E-state index in [1.165, 1.54) is 22.0 Å². The van der Waals surface area contributed by atoms with Gasteiger partial charge in [0.25, 0.3) is 4.84 Å². The summed E-state index contributed by atoms with van der Waals surface area (Å²) < 4.78 is 40.1. The van der Waals surface area contributed by atoms with E-state index in [1.807, 2.05) is 4.57 Å². The Morgan fingerprint density at radius 2 is 1.88 bits per heavy atom. The van der Waals surface area contributed by atoms with Crippen LogP contribution in [0.15, 0.2) is 27.5 Å². The maximum Gasteiger partial charge on any atom is 0.274 e. The summed E-state index contributed by atoms with van der Waals surface area (Å²) in [6.07, 6.45) is 2.43. The van der Waals surface area contributed by atoms with E-state index >= 15 is 0 Å². The average Bonchev–Trinajstić information content (AvgIpc) is 3.24. The van der Waals surface area contributed by atoms with Gasteiger partial charge in [-0.25, -0.2) is 8.42 Å². The number of fused-ring (bicyclic) bond motifs is 1. The van der Waals surface area contributed by atoms with Crippen molar-refractivity contribution in [2.45, 2.75) is 24.4 Å². The molecule has 0 spiro atoms. The van der Waals surface area contributed by atoms with Gasteiger partial charge < -0.3 is 14.1 Å². The number of likely N-dealkylation sites (tertiary alicyclic amines) is 1. The molecule has 2 fully saturated rings. The minimum absolute atomic E-state index is 0.280. The van der Waals surface area contributed by atoms with E-state index in [0.717, 1.165) is 18.6 Å². The predicted molar refractivity (Wildman–Crippen MR) is 94.5 cm³/mol. The Bertz CT molecular complexity index is 922. The van der Waals surface area contributed by atoms with Crippen LogP contribution in [-0.4, -0.2) is 56.7 Å². The number of benzene rings is 1. The Balaban J connectivity index is 1.72. The normalized spacial score (nSPS) is 20.5. The van der Waals surface area contributed by atoms with E-state index in [4.69, 9.17) is 21.4 Å². The van der Waals surface area contributed by atoms with Crippen LogP contribution in [0, 0.1) is 4.84 Å². The predicted octanol–water partition coefficient (Wildman–Crippen LogP) is 0.621. The number of nitrogens with one attached hydrogen (secondary N) is 1. The van der Waals surface area contributed by atoms with E-state index in [0.29, 0.717) is 43.4 Å². The van der Waals surface area contributed by atoms with Gasteiger partial charge >= 0.3 is 0 Å². The van der Waals surface area contributed by atoms with Crippen molar-refractivity contribution in [1.29, 1.82) is 0 Å². The van der Waals surface area contributed by atoms with Crippen LogP contribution in [0.1, 0.15) is 12.8 Å². The molecular weight excluding hydrogens is 362 g/mol. The molecule has 1 aromatic carbocycles. The van der Waals surface area contributed by atoms with Gasteiger partial charge in [-0.3, -0.25) is 4.57 Å². The summed E-state index contributed by atoms with van der Waals surface area (Å²) >= 11 is 5.36. The van der Waals surface area contributed by atoms with E-state index in [1.54, 1.807) is 18.2 Å². The van der Waals surface area contributed by atoms with Crippen molar-refractivity contribution in [2.24, 2.45) is 0 Å². The maximum atomic E-state index is 12.9. The first-order chi connectivity index (χ1) is 12.1. The summed E-state index contributed by atoms with van der Waals surface area (Å²) in [5.41, 5.74) is 1.38. The second-order valence-corrected chi connectivity index (χ2v) is 8.84. The van der Waals surface area contributed by atoms with Gasteiger partial charge in [0.2, 0.25) is 10.0 Å². The Morgan fingerprint density at radius 3 is 2.60 bits per heavy atom. The van der Waals surface area contributed by atoms with Gasteiger partial charge in [0.1, 0.15) is 0 Å². The Kier molecular flexibility index (Phi) is 4.67. The van der Waals surface area contributed by atoms with E-state index in [-0.39, 0.29) is 4.90 Å². The topological polar surface area (TPSA) is 69.1 Å². The molecule has 0 saturated carbocycles. The van der Waals surface area contributed by atoms with Gasteiger partial charge in [-0.1, -0.05) is 0 Å². The Hall–Kier alpha value is -1.26. The molecule has 0 aliphatic carbocycles. The molecule has 0 bridgehead atoms. The van der Waals surface area contributed by atoms with Gasteiger partial charge in [-0.2, -0.15) is 4.31 Å². The zero-order valence-corrected chi connectivity index (χ0v) is 15.6. The Morgan fingerprint density at radius 1 is 1.16 bits per heavy atom. The zero-order valence-electron chi connectivity index (χ0n) is 13.9. The van der Waals surface area contributed by atoms with Gasteiger partial charge in [0.05, 0.1) is 36.7 Å². The van der Waals surface area contributed by atoms with Gasteiger partial charge in [0, 0.05) is 25.9 Å². The number of hydrogen-bond acceptors (Lipinski definition) is 5. The fourth-order valence-electron chi connectivity index (χ4n) is 3.54. The molecule has 1 aromatic heterocycles. The van der Waals surface area contributed by atoms with Crippen molar-refractivity contribution in [3.63, 3.8) is 0 Å². The first-order valence-corrected chi connectivity index (χ1v) is 10.5. The molecule has 3 heterocycles. The molecule has 2 aliphatic rings. The zero-order chi connectivity index (χ0) is 17.4. The van der Waals surface area contributed by atoms with Crippen LogP contribution in [0.4, 0.5) is 0 Å². The molecule has 1 N–H and O–H groups in total. The summed E-state index contributed by atoms with van der Waals surface area (Å²) in [4.78, 5) is 2.12. The fraction of sp³-hybridized carbons (Fsp3) is 0.562. The average molecular weight is 385 g/mol. The van der Waals surface area contributed by atoms with Crippen LogP contribution >= 0.6 is 12.2 Å². The largest absolute Gasteiger partial charge is 0.429 e. The number of nitrogens with zero attached hydrogens (tertiary/aromatic N) is 2. The van der Waals surface area contributed by atoms with Crippen LogP contribution in [0.2, 0.25) is 0 Å². The van der Waals surface area contributed by atoms with Crippen molar-refractivity contribution in [3.8, 4) is 0 Å². The standard InChI is InChI=1S/C16H21N3O4S2/c20-25(21,18-7-9-22-10-8-18)13-3-4-15-14(11-13)19(16(24)23-15)12-17-5-1-2-6-17/h3-4,11H,1-2,5-10,12H2/p+1. The number of morpholine rings is 1. The summed E-state index contributed by atoms with van der Waals surface area (Å²) in [5.74, 6) is 0. The van der Waals surface area contributed by atoms with Gasteiger partial charge in [-0.15, -0.1) is 0 Å². The van der Waals surface area contributed by atoms with Crippen LogP contribution in [0.3, 0.4) is 0 Å². The summed E-state index contributed by atoms with van der Waals surface area (Å²) in [6, 6.07) is 4.99. The number of rotatable bonds is 4. The van der Waals surface area contributed by atoms with Crippen LogP contribution < -0.4 is 4.90 Å². The van der Waals surface area contributed by atoms with Gasteiger partial charge in [0.15, 0.2) is 12.3 Å². The number of hydrogen-bond donors (Lipinski definition) is 1. The third-order valence-corrected chi connectivity index (χ3v) is 7.14. The summed E-state index contributed by atoms with van der Waals surface area (Å²) in [6.45, 7) is 4.57. The molecule has 9 heteroatoms. The highest BCUT2D eigenvalue weighted by Gasteiger charge is 2.27. The maximum absolute atomic E-state index is 12.9. The molecule has 2 aliphatic heterocycles. The minimum Gasteiger partial charge on any atom is -0.429 e. The van der Waals surface area contributed by atoms with Gasteiger partial charge in [-0.05, 0) is 30.4 Å². The van der Waals surface area contributed by atoms with E-state index < -0.39 is 10.0 Å². The quantitative estimate of drug-likeness (QED) is 0.783. The molecule has 0 amide bonds. The van der Waals surface area contributed by atoms with Crippen molar-refractivity contribution in [3.05, 3.63) is 23.0 Å². The first-order valence-electron chi connectivity index (χ1n) is 8.60. The van der Waals surface area contributed by atoms with Crippen LogP contribution in [-0.2, 0) is 21.4 Å². The highest BCUT2D eigenvalue weighted by Crippen LogP contribution is 2.24. The number of aromatic nitrogens is 1. The molecule has 4 rings (SSSR count). The lowest BCUT2D eigenvalue weighted by Crippen LogP contribution is -3.09. The Labute approximate surface area is 151 Å². The first kappa shape index (κ1) is 17.2. The molecule has 136 valence electrons. The lowest BCUT2D eigenvalue weighted by molar-refractivity contribution is -0.910. The number of sulfonamides is 1. The highest BCUT2D eigenvalue weighted by atomic mass is 32.2. The molecule has 2 aromatic rings. The number of quaternary nitrogens is 1. The summed E-state index contributed by atoms with van der Waals surface area (Å²) in [5, 5.41) is 0. The number of oxazole rings is 1. The molecule has 25 heavy (non-hydrogen) atoms. The fourth-order valence-corrected chi connectivity index (χ4v) is 5.23. The summed E-state index contributed by atoms with van der Waals surface area (Å²) in [7, 11) is -3.53. The SMILES string of the molecule is O=S(=O)(c1ccc2oc(=S)n(C[NH+]3CCCC3)c2c1)N1CCOCC1. The molecule has 0 atom stereocenters. The third-order valence-electron chi connectivity index (χ3n) is 4.94. The molecule has 0 unspecified atom stereocenters. The van der Waals surface area contributed by atoms with Crippen LogP contribution in [0.25, 0.3) is 11.1 Å². The highest BCUT2D eigenvalue weighted by molar-refractivity contribution is 7.89. The molecule has 7 nitrogen and oxygen atoms in total. The minimum atomic E-state index is -3.53.